The second kappa shape index (κ2) is 4.99. The fourth-order valence-electron chi connectivity index (χ4n) is 0.965. The minimum Gasteiger partial charge on any atom is -0.398 e. The van der Waals surface area contributed by atoms with Gasteiger partial charge in [-0.05, 0) is 11.6 Å². The molecule has 0 spiro atoms. The Morgan fingerprint density at radius 2 is 1.85 bits per heavy atom. The molecule has 66 valence electrons. The Bertz CT molecular complexity index is 320. The Balaban J connectivity index is 2.79. The molecule has 0 radical (unpaired) electrons. The van der Waals surface area contributed by atoms with Gasteiger partial charge in [-0.15, -0.1) is 0 Å². The van der Waals surface area contributed by atoms with E-state index < -0.39 is 0 Å². The van der Waals surface area contributed by atoms with Gasteiger partial charge in [0, 0.05) is 5.70 Å². The highest BCUT2D eigenvalue weighted by atomic mass is 14.6. The predicted octanol–water partition coefficient (Wildman–Crippen LogP) is 2.73. The first-order valence-electron chi connectivity index (χ1n) is 4.15. The Morgan fingerprint density at radius 1 is 1.15 bits per heavy atom. The third-order valence-electron chi connectivity index (χ3n) is 1.63. The van der Waals surface area contributed by atoms with Crippen molar-refractivity contribution in [2.75, 3.05) is 0 Å². The molecule has 0 amide bonds. The zero-order chi connectivity index (χ0) is 9.52. The molecule has 1 heteroatoms. The van der Waals surface area contributed by atoms with Crippen molar-refractivity contribution in [3.8, 4) is 0 Å². The average Bonchev–Trinajstić information content (AvgIpc) is 2.19. The van der Waals surface area contributed by atoms with Gasteiger partial charge >= 0.3 is 0 Å². The summed E-state index contributed by atoms with van der Waals surface area (Å²) < 4.78 is 0. The van der Waals surface area contributed by atoms with E-state index in [-0.39, 0.29) is 0 Å². The van der Waals surface area contributed by atoms with Gasteiger partial charge in [-0.1, -0.05) is 55.1 Å². The van der Waals surface area contributed by atoms with E-state index in [1.54, 1.807) is 6.08 Å². The van der Waals surface area contributed by atoms with E-state index >= 15 is 0 Å². The highest BCUT2D eigenvalue weighted by molar-refractivity contribution is 5.63. The largest absolute Gasteiger partial charge is 0.398 e. The quantitative estimate of drug-likeness (QED) is 0.695. The first-order chi connectivity index (χ1) is 6.34. The molecule has 0 saturated carbocycles. The number of benzene rings is 1. The highest BCUT2D eigenvalue weighted by Gasteiger charge is 1.90. The van der Waals surface area contributed by atoms with E-state index in [0.29, 0.717) is 0 Å². The minimum absolute atomic E-state index is 0.763. The van der Waals surface area contributed by atoms with Crippen molar-refractivity contribution in [3.05, 3.63) is 66.8 Å². The molecular formula is C12H13N. The van der Waals surface area contributed by atoms with Crippen molar-refractivity contribution in [1.29, 1.82) is 0 Å². The Kier molecular flexibility index (Phi) is 3.58. The maximum atomic E-state index is 5.81. The molecule has 0 unspecified atom stereocenters. The summed E-state index contributed by atoms with van der Waals surface area (Å²) in [5.74, 6) is 0. The van der Waals surface area contributed by atoms with Gasteiger partial charge in [0.1, 0.15) is 0 Å². The molecule has 0 saturated heterocycles. The van der Waals surface area contributed by atoms with Crippen LogP contribution in [0.3, 0.4) is 0 Å². The number of allylic oxidation sites excluding steroid dienone is 4. The molecule has 1 rings (SSSR count). The lowest BCUT2D eigenvalue weighted by atomic mass is 10.1. The second-order valence-corrected chi connectivity index (χ2v) is 2.61. The normalized spacial score (nSPS) is 11.8. The minimum atomic E-state index is 0.763. The van der Waals surface area contributed by atoms with Crippen LogP contribution in [0.4, 0.5) is 0 Å². The molecule has 0 atom stereocenters. The van der Waals surface area contributed by atoms with Crippen LogP contribution in [0.5, 0.6) is 0 Å². The van der Waals surface area contributed by atoms with Crippen molar-refractivity contribution in [3.63, 3.8) is 0 Å². The molecule has 0 aliphatic carbocycles. The van der Waals surface area contributed by atoms with E-state index in [1.165, 1.54) is 0 Å². The summed E-state index contributed by atoms with van der Waals surface area (Å²) in [5.41, 5.74) is 7.61. The van der Waals surface area contributed by atoms with E-state index in [1.807, 2.05) is 48.6 Å². The van der Waals surface area contributed by atoms with Crippen LogP contribution < -0.4 is 5.73 Å². The summed E-state index contributed by atoms with van der Waals surface area (Å²) in [7, 11) is 0. The topological polar surface area (TPSA) is 26.0 Å². The van der Waals surface area contributed by atoms with Crippen LogP contribution in [-0.2, 0) is 0 Å². The van der Waals surface area contributed by atoms with Gasteiger partial charge in [-0.25, -0.2) is 0 Å². The fourth-order valence-corrected chi connectivity index (χ4v) is 0.965. The molecule has 0 fully saturated rings. The van der Waals surface area contributed by atoms with Crippen LogP contribution in [0.2, 0.25) is 0 Å². The van der Waals surface area contributed by atoms with E-state index in [4.69, 9.17) is 5.73 Å². The third-order valence-corrected chi connectivity index (χ3v) is 1.63. The van der Waals surface area contributed by atoms with Gasteiger partial charge in [-0.2, -0.15) is 0 Å². The molecular weight excluding hydrogens is 158 g/mol. The van der Waals surface area contributed by atoms with Crippen LogP contribution in [0.15, 0.2) is 61.2 Å². The maximum absolute atomic E-state index is 5.81. The molecule has 13 heavy (non-hydrogen) atoms. The summed E-state index contributed by atoms with van der Waals surface area (Å²) in [4.78, 5) is 0. The van der Waals surface area contributed by atoms with Crippen LogP contribution in [0.25, 0.3) is 5.70 Å². The lowest BCUT2D eigenvalue weighted by molar-refractivity contribution is 1.52. The maximum Gasteiger partial charge on any atom is 0.0387 e. The van der Waals surface area contributed by atoms with Gasteiger partial charge in [-0.3, -0.25) is 0 Å². The molecule has 1 aromatic rings. The Labute approximate surface area is 78.9 Å². The number of hydrogen-bond donors (Lipinski definition) is 1. The molecule has 0 heterocycles. The van der Waals surface area contributed by atoms with Crippen LogP contribution in [0.1, 0.15) is 5.56 Å². The fraction of sp³-hybridized carbons (Fsp3) is 0. The van der Waals surface area contributed by atoms with Gasteiger partial charge < -0.3 is 5.73 Å². The van der Waals surface area contributed by atoms with Crippen molar-refractivity contribution >= 4 is 5.70 Å². The summed E-state index contributed by atoms with van der Waals surface area (Å²) in [5, 5.41) is 0. The summed E-state index contributed by atoms with van der Waals surface area (Å²) in [6.45, 7) is 3.57. The van der Waals surface area contributed by atoms with E-state index in [9.17, 15) is 0 Å². The Hall–Kier alpha value is -1.76. The standard InChI is InChI=1S/C12H13N/c1-2-3-5-10-12(13)11-8-6-4-7-9-11/h2-10H,1,13H2/b5-3-,12-10-. The second-order valence-electron chi connectivity index (χ2n) is 2.61. The average molecular weight is 171 g/mol. The van der Waals surface area contributed by atoms with Crippen molar-refractivity contribution in [2.45, 2.75) is 0 Å². The van der Waals surface area contributed by atoms with E-state index in [2.05, 4.69) is 6.58 Å². The molecule has 1 aromatic carbocycles. The number of nitrogens with two attached hydrogens (primary N) is 1. The molecule has 0 bridgehead atoms. The molecule has 0 aliphatic rings. The van der Waals surface area contributed by atoms with Gasteiger partial charge in [0.15, 0.2) is 0 Å². The summed E-state index contributed by atoms with van der Waals surface area (Å²) in [6.07, 6.45) is 7.29. The monoisotopic (exact) mass is 171 g/mol. The molecule has 1 nitrogen and oxygen atoms in total. The first-order valence-corrected chi connectivity index (χ1v) is 4.15. The van der Waals surface area contributed by atoms with Gasteiger partial charge in [0.05, 0.1) is 0 Å². The van der Waals surface area contributed by atoms with Gasteiger partial charge in [0.25, 0.3) is 0 Å². The van der Waals surface area contributed by atoms with Gasteiger partial charge in [0.2, 0.25) is 0 Å². The number of rotatable bonds is 3. The SMILES string of the molecule is C=C/C=C\C=C(/N)c1ccccc1. The van der Waals surface area contributed by atoms with E-state index in [0.717, 1.165) is 11.3 Å². The summed E-state index contributed by atoms with van der Waals surface area (Å²) >= 11 is 0. The van der Waals surface area contributed by atoms with Crippen LogP contribution in [0, 0.1) is 0 Å². The van der Waals surface area contributed by atoms with Crippen molar-refractivity contribution < 1.29 is 0 Å². The number of hydrogen-bond acceptors (Lipinski definition) is 1. The zero-order valence-corrected chi connectivity index (χ0v) is 7.48. The smallest absolute Gasteiger partial charge is 0.0387 e. The first kappa shape index (κ1) is 9.33. The predicted molar refractivity (Wildman–Crippen MR) is 57.9 cm³/mol. The lowest BCUT2D eigenvalue weighted by Gasteiger charge is -1.98. The van der Waals surface area contributed by atoms with Crippen molar-refractivity contribution in [2.24, 2.45) is 5.73 Å². The Morgan fingerprint density at radius 3 is 2.46 bits per heavy atom. The van der Waals surface area contributed by atoms with Crippen LogP contribution >= 0.6 is 0 Å². The molecule has 2 N–H and O–H groups in total. The third kappa shape index (κ3) is 2.99. The zero-order valence-electron chi connectivity index (χ0n) is 7.48. The lowest BCUT2D eigenvalue weighted by Crippen LogP contribution is -1.94. The molecule has 0 aromatic heterocycles. The van der Waals surface area contributed by atoms with Crippen LogP contribution in [-0.4, -0.2) is 0 Å². The highest BCUT2D eigenvalue weighted by Crippen LogP contribution is 2.07. The molecule has 0 aliphatic heterocycles. The van der Waals surface area contributed by atoms with Crippen molar-refractivity contribution in [1.82, 2.24) is 0 Å². The summed E-state index contributed by atoms with van der Waals surface area (Å²) in [6, 6.07) is 9.86.